The second-order valence-corrected chi connectivity index (χ2v) is 7.54. The van der Waals surface area contributed by atoms with Crippen molar-refractivity contribution in [3.63, 3.8) is 0 Å². The van der Waals surface area contributed by atoms with Gasteiger partial charge in [0, 0.05) is 29.7 Å². The third kappa shape index (κ3) is 3.75. The van der Waals surface area contributed by atoms with Crippen LogP contribution in [0.1, 0.15) is 12.1 Å². The zero-order chi connectivity index (χ0) is 24.3. The molecule has 1 atom stereocenters. The maximum absolute atomic E-state index is 13.8. The highest BCUT2D eigenvalue weighted by Crippen LogP contribution is 2.47. The van der Waals surface area contributed by atoms with Crippen molar-refractivity contribution >= 4 is 23.2 Å². The molecule has 1 aliphatic rings. The van der Waals surface area contributed by atoms with Gasteiger partial charge in [-0.15, -0.1) is 0 Å². The van der Waals surface area contributed by atoms with Gasteiger partial charge in [0.15, 0.2) is 28.5 Å². The second kappa shape index (κ2) is 9.30. The monoisotopic (exact) mass is 463 g/mol. The van der Waals surface area contributed by atoms with Crippen molar-refractivity contribution in [2.24, 2.45) is 0 Å². The minimum Gasteiger partial charge on any atom is -0.493 e. The number of benzene rings is 2. The number of amides is 2. The van der Waals surface area contributed by atoms with Crippen LogP contribution >= 0.6 is 0 Å². The van der Waals surface area contributed by atoms with Gasteiger partial charge in [0.2, 0.25) is 5.91 Å². The molecule has 1 N–H and O–H groups in total. The van der Waals surface area contributed by atoms with Crippen molar-refractivity contribution in [1.29, 1.82) is 0 Å². The highest BCUT2D eigenvalue weighted by Gasteiger charge is 2.59. The summed E-state index contributed by atoms with van der Waals surface area (Å²) in [5.74, 6) is 1.32. The number of pyridine rings is 1. The van der Waals surface area contributed by atoms with E-state index in [4.69, 9.17) is 18.9 Å². The fourth-order valence-corrected chi connectivity index (χ4v) is 4.09. The molecule has 2 heterocycles. The maximum Gasteiger partial charge on any atom is 0.257 e. The lowest BCUT2D eigenvalue weighted by atomic mass is 9.78. The standard InChI is InChI=1S/C25H25N3O6/c1-31-18-10-8-16(13-20(18)33-3)27-24(30)25(22-7-5-6-12-26-22)15-23(29)28(25)17-9-11-19(32-2)21(14-17)34-4/h5-14H,15H2,1-4H3,(H,27,30). The first-order valence-corrected chi connectivity index (χ1v) is 10.5. The van der Waals surface area contributed by atoms with Gasteiger partial charge in [-0.25, -0.2) is 0 Å². The van der Waals surface area contributed by atoms with Crippen LogP contribution in [0.5, 0.6) is 23.0 Å². The van der Waals surface area contributed by atoms with Crippen LogP contribution in [-0.2, 0) is 15.1 Å². The normalized spacial score (nSPS) is 16.9. The zero-order valence-electron chi connectivity index (χ0n) is 19.3. The molecule has 1 unspecified atom stereocenters. The van der Waals surface area contributed by atoms with Crippen molar-refractivity contribution in [3.8, 4) is 23.0 Å². The van der Waals surface area contributed by atoms with E-state index in [1.807, 2.05) is 0 Å². The van der Waals surface area contributed by atoms with E-state index in [9.17, 15) is 9.59 Å². The van der Waals surface area contributed by atoms with E-state index < -0.39 is 11.4 Å². The van der Waals surface area contributed by atoms with Crippen molar-refractivity contribution in [2.45, 2.75) is 12.0 Å². The number of ether oxygens (including phenoxy) is 4. The van der Waals surface area contributed by atoms with E-state index in [2.05, 4.69) is 10.3 Å². The number of anilines is 2. The Hall–Kier alpha value is -4.27. The Bertz CT molecular complexity index is 1220. The van der Waals surface area contributed by atoms with Crippen LogP contribution in [0.3, 0.4) is 0 Å². The predicted octanol–water partition coefficient (Wildman–Crippen LogP) is 3.39. The van der Waals surface area contributed by atoms with Crippen LogP contribution in [0.15, 0.2) is 60.8 Å². The van der Waals surface area contributed by atoms with E-state index in [1.165, 1.54) is 33.3 Å². The van der Waals surface area contributed by atoms with Gasteiger partial charge in [0.25, 0.3) is 5.91 Å². The Labute approximate surface area is 197 Å². The molecule has 3 aromatic rings. The van der Waals surface area contributed by atoms with Crippen LogP contribution in [0.25, 0.3) is 0 Å². The number of hydrogen-bond acceptors (Lipinski definition) is 7. The Morgan fingerprint density at radius 3 is 2.12 bits per heavy atom. The first kappa shape index (κ1) is 22.9. The fourth-order valence-electron chi connectivity index (χ4n) is 4.09. The van der Waals surface area contributed by atoms with Crippen LogP contribution < -0.4 is 29.2 Å². The summed E-state index contributed by atoms with van der Waals surface area (Å²) >= 11 is 0. The number of nitrogens with zero attached hydrogens (tertiary/aromatic N) is 2. The molecule has 2 amide bonds. The van der Waals surface area contributed by atoms with Gasteiger partial charge >= 0.3 is 0 Å². The van der Waals surface area contributed by atoms with Crippen LogP contribution in [-0.4, -0.2) is 45.2 Å². The Kier molecular flexibility index (Phi) is 6.27. The summed E-state index contributed by atoms with van der Waals surface area (Å²) in [5.41, 5.74) is 0.0689. The third-order valence-electron chi connectivity index (χ3n) is 5.77. The van der Waals surface area contributed by atoms with Crippen molar-refractivity contribution < 1.29 is 28.5 Å². The van der Waals surface area contributed by atoms with Crippen LogP contribution in [0, 0.1) is 0 Å². The van der Waals surface area contributed by atoms with Gasteiger partial charge < -0.3 is 24.3 Å². The van der Waals surface area contributed by atoms with Gasteiger partial charge in [0.05, 0.1) is 40.6 Å². The van der Waals surface area contributed by atoms with Gasteiger partial charge in [-0.3, -0.25) is 19.5 Å². The summed E-state index contributed by atoms with van der Waals surface area (Å²) in [6.45, 7) is 0. The molecule has 0 radical (unpaired) electrons. The van der Waals surface area contributed by atoms with Gasteiger partial charge in [-0.2, -0.15) is 0 Å². The highest BCUT2D eigenvalue weighted by molar-refractivity contribution is 6.16. The molecule has 34 heavy (non-hydrogen) atoms. The predicted molar refractivity (Wildman–Crippen MR) is 126 cm³/mol. The van der Waals surface area contributed by atoms with Gasteiger partial charge in [0.1, 0.15) is 0 Å². The molecular weight excluding hydrogens is 438 g/mol. The van der Waals surface area contributed by atoms with E-state index >= 15 is 0 Å². The lowest BCUT2D eigenvalue weighted by molar-refractivity contribution is -0.137. The summed E-state index contributed by atoms with van der Waals surface area (Å²) in [5, 5.41) is 2.92. The molecule has 9 nitrogen and oxygen atoms in total. The largest absolute Gasteiger partial charge is 0.493 e. The molecule has 2 aromatic carbocycles. The summed E-state index contributed by atoms with van der Waals surface area (Å²) in [7, 11) is 6.09. The summed E-state index contributed by atoms with van der Waals surface area (Å²) in [6.07, 6.45) is 1.55. The van der Waals surface area contributed by atoms with E-state index in [0.717, 1.165) is 0 Å². The first-order chi connectivity index (χ1) is 16.5. The summed E-state index contributed by atoms with van der Waals surface area (Å²) < 4.78 is 21.3. The molecule has 176 valence electrons. The number of β-lactam (4-membered cyclic amide) rings is 1. The number of nitrogens with one attached hydrogen (secondary N) is 1. The van der Waals surface area contributed by atoms with Gasteiger partial charge in [-0.1, -0.05) is 6.07 Å². The third-order valence-corrected chi connectivity index (χ3v) is 5.77. The molecule has 0 spiro atoms. The first-order valence-electron chi connectivity index (χ1n) is 10.5. The zero-order valence-corrected chi connectivity index (χ0v) is 19.3. The highest BCUT2D eigenvalue weighted by atomic mass is 16.5. The SMILES string of the molecule is COc1ccc(NC(=O)C2(c3ccccn3)CC(=O)N2c2ccc(OC)c(OC)c2)cc1OC. The average Bonchev–Trinajstić information content (AvgIpc) is 2.87. The molecule has 0 bridgehead atoms. The number of aromatic nitrogens is 1. The molecular formula is C25H25N3O6. The summed E-state index contributed by atoms with van der Waals surface area (Å²) in [6, 6.07) is 15.4. The number of rotatable bonds is 8. The molecule has 1 fully saturated rings. The van der Waals surface area contributed by atoms with Crippen molar-refractivity contribution in [1.82, 2.24) is 4.98 Å². The lowest BCUT2D eigenvalue weighted by Gasteiger charge is -2.49. The van der Waals surface area contributed by atoms with Gasteiger partial charge in [-0.05, 0) is 36.4 Å². The lowest BCUT2D eigenvalue weighted by Crippen LogP contribution is -2.67. The molecule has 1 aromatic heterocycles. The number of carbonyl (C=O) groups excluding carboxylic acids is 2. The van der Waals surface area contributed by atoms with Crippen LogP contribution in [0.4, 0.5) is 11.4 Å². The Morgan fingerprint density at radius 2 is 1.53 bits per heavy atom. The quantitative estimate of drug-likeness (QED) is 0.511. The molecule has 4 rings (SSSR count). The topological polar surface area (TPSA) is 99.2 Å². The second-order valence-electron chi connectivity index (χ2n) is 7.54. The minimum atomic E-state index is -1.36. The number of methoxy groups -OCH3 is 4. The molecule has 9 heteroatoms. The van der Waals surface area contributed by atoms with Crippen molar-refractivity contribution in [2.75, 3.05) is 38.7 Å². The smallest absolute Gasteiger partial charge is 0.257 e. The Balaban J connectivity index is 1.77. The molecule has 1 saturated heterocycles. The molecule has 1 aliphatic heterocycles. The van der Waals surface area contributed by atoms with E-state index in [1.54, 1.807) is 60.8 Å². The molecule has 0 aliphatic carbocycles. The number of hydrogen-bond donors (Lipinski definition) is 1. The number of carbonyl (C=O) groups is 2. The summed E-state index contributed by atoms with van der Waals surface area (Å²) in [4.78, 5) is 32.6. The maximum atomic E-state index is 13.8. The van der Waals surface area contributed by atoms with Crippen molar-refractivity contribution in [3.05, 3.63) is 66.5 Å². The van der Waals surface area contributed by atoms with Crippen LogP contribution in [0.2, 0.25) is 0 Å². The minimum absolute atomic E-state index is 0.0442. The Morgan fingerprint density at radius 1 is 0.882 bits per heavy atom. The molecule has 0 saturated carbocycles. The average molecular weight is 463 g/mol. The van der Waals surface area contributed by atoms with E-state index in [0.29, 0.717) is 40.1 Å². The fraction of sp³-hybridized carbons (Fsp3) is 0.240. The van der Waals surface area contributed by atoms with E-state index in [-0.39, 0.29) is 12.3 Å².